The summed E-state index contributed by atoms with van der Waals surface area (Å²) in [6.45, 7) is 3.41. The van der Waals surface area contributed by atoms with Gasteiger partial charge in [-0.3, -0.25) is 4.79 Å². The van der Waals surface area contributed by atoms with Crippen molar-refractivity contribution >= 4 is 17.5 Å². The number of nitrogens with zero attached hydrogens (tertiary/aromatic N) is 2. The Morgan fingerprint density at radius 2 is 1.86 bits per heavy atom. The molecule has 1 aromatic heterocycles. The van der Waals surface area contributed by atoms with Crippen molar-refractivity contribution in [3.8, 4) is 0 Å². The molecule has 1 aromatic carbocycles. The number of anilines is 2. The predicted octanol–water partition coefficient (Wildman–Crippen LogP) is 2.49. The van der Waals surface area contributed by atoms with E-state index in [1.54, 1.807) is 7.11 Å². The van der Waals surface area contributed by atoms with Gasteiger partial charge in [0.15, 0.2) is 0 Å². The zero-order chi connectivity index (χ0) is 15.8. The van der Waals surface area contributed by atoms with Crippen molar-refractivity contribution in [1.29, 1.82) is 0 Å². The molecule has 0 aliphatic rings. The van der Waals surface area contributed by atoms with Crippen LogP contribution < -0.4 is 10.6 Å². The molecule has 0 bridgehead atoms. The quantitative estimate of drug-likeness (QED) is 0.768. The molecule has 116 valence electrons. The van der Waals surface area contributed by atoms with E-state index >= 15 is 0 Å². The summed E-state index contributed by atoms with van der Waals surface area (Å²) < 4.78 is 4.96. The molecule has 0 saturated carbocycles. The summed E-state index contributed by atoms with van der Waals surface area (Å²) in [6.07, 6.45) is 3.89. The minimum Gasteiger partial charge on any atom is -0.385 e. The van der Waals surface area contributed by atoms with Crippen LogP contribution in [0.5, 0.6) is 0 Å². The van der Waals surface area contributed by atoms with Crippen molar-refractivity contribution in [3.05, 3.63) is 47.8 Å². The van der Waals surface area contributed by atoms with Crippen LogP contribution in [-0.2, 0) is 4.74 Å². The van der Waals surface area contributed by atoms with Crippen LogP contribution >= 0.6 is 0 Å². The fourth-order valence-corrected chi connectivity index (χ4v) is 1.79. The molecule has 22 heavy (non-hydrogen) atoms. The minimum absolute atomic E-state index is 0.227. The van der Waals surface area contributed by atoms with Crippen LogP contribution in [0.25, 0.3) is 0 Å². The Kier molecular flexibility index (Phi) is 5.85. The molecule has 2 rings (SSSR count). The first kappa shape index (κ1) is 15.9. The number of benzene rings is 1. The molecule has 2 aromatic rings. The molecule has 6 nitrogen and oxygen atoms in total. The summed E-state index contributed by atoms with van der Waals surface area (Å²) in [6, 6.07) is 7.61. The monoisotopic (exact) mass is 300 g/mol. The van der Waals surface area contributed by atoms with E-state index in [1.807, 2.05) is 31.2 Å². The molecule has 0 aliphatic carbocycles. The Balaban J connectivity index is 1.89. The number of amides is 1. The zero-order valence-electron chi connectivity index (χ0n) is 12.8. The third-order valence-corrected chi connectivity index (χ3v) is 3.03. The van der Waals surface area contributed by atoms with Gasteiger partial charge < -0.3 is 15.4 Å². The third kappa shape index (κ3) is 4.82. The van der Waals surface area contributed by atoms with Gasteiger partial charge in [0.25, 0.3) is 5.91 Å². The number of carbonyl (C=O) groups is 1. The highest BCUT2D eigenvalue weighted by molar-refractivity contribution is 6.03. The number of carbonyl (C=O) groups excluding carboxylic acids is 1. The van der Waals surface area contributed by atoms with Crippen molar-refractivity contribution < 1.29 is 9.53 Å². The van der Waals surface area contributed by atoms with Crippen LogP contribution in [-0.4, -0.2) is 36.1 Å². The lowest BCUT2D eigenvalue weighted by Crippen LogP contribution is -2.14. The molecule has 2 N–H and O–H groups in total. The standard InChI is InChI=1S/C16H20N4O2/c1-12-4-6-14(7-5-12)20-15(21)13-10-18-16(19-11-13)17-8-3-9-22-2/h4-7,10-11H,3,8-9H2,1-2H3,(H,20,21)(H,17,18,19). The average Bonchev–Trinajstić information content (AvgIpc) is 2.54. The van der Waals surface area contributed by atoms with Crippen LogP contribution in [0.4, 0.5) is 11.6 Å². The van der Waals surface area contributed by atoms with E-state index in [4.69, 9.17) is 4.74 Å². The molecule has 0 saturated heterocycles. The number of aryl methyl sites for hydroxylation is 1. The average molecular weight is 300 g/mol. The second-order valence-corrected chi connectivity index (χ2v) is 4.89. The van der Waals surface area contributed by atoms with E-state index in [2.05, 4.69) is 20.6 Å². The van der Waals surface area contributed by atoms with E-state index in [9.17, 15) is 4.79 Å². The zero-order valence-corrected chi connectivity index (χ0v) is 12.8. The maximum atomic E-state index is 12.1. The lowest BCUT2D eigenvalue weighted by Gasteiger charge is -2.07. The van der Waals surface area contributed by atoms with Crippen LogP contribution in [0.1, 0.15) is 22.3 Å². The number of aromatic nitrogens is 2. The minimum atomic E-state index is -0.227. The fraction of sp³-hybridized carbons (Fsp3) is 0.312. The van der Waals surface area contributed by atoms with Gasteiger partial charge in [-0.1, -0.05) is 17.7 Å². The summed E-state index contributed by atoms with van der Waals surface area (Å²) in [5, 5.41) is 5.88. The van der Waals surface area contributed by atoms with E-state index in [1.165, 1.54) is 12.4 Å². The van der Waals surface area contributed by atoms with Gasteiger partial charge in [0, 0.05) is 38.3 Å². The van der Waals surface area contributed by atoms with E-state index in [-0.39, 0.29) is 5.91 Å². The van der Waals surface area contributed by atoms with Gasteiger partial charge in [0.1, 0.15) is 0 Å². The Labute approximate surface area is 129 Å². The molecular weight excluding hydrogens is 280 g/mol. The molecular formula is C16H20N4O2. The molecule has 1 heterocycles. The highest BCUT2D eigenvalue weighted by Gasteiger charge is 2.07. The topological polar surface area (TPSA) is 76.1 Å². The summed E-state index contributed by atoms with van der Waals surface area (Å²) in [7, 11) is 1.66. The maximum absolute atomic E-state index is 12.1. The Bertz CT molecular complexity index is 597. The Morgan fingerprint density at radius 1 is 1.18 bits per heavy atom. The first-order valence-corrected chi connectivity index (χ1v) is 7.12. The highest BCUT2D eigenvalue weighted by Crippen LogP contribution is 2.10. The Hall–Kier alpha value is -2.47. The van der Waals surface area contributed by atoms with Gasteiger partial charge in [0.05, 0.1) is 5.56 Å². The van der Waals surface area contributed by atoms with Gasteiger partial charge in [0.2, 0.25) is 5.95 Å². The first-order valence-electron chi connectivity index (χ1n) is 7.12. The van der Waals surface area contributed by atoms with Crippen LogP contribution in [0.2, 0.25) is 0 Å². The maximum Gasteiger partial charge on any atom is 0.258 e. The van der Waals surface area contributed by atoms with Gasteiger partial charge in [-0.15, -0.1) is 0 Å². The number of hydrogen-bond acceptors (Lipinski definition) is 5. The van der Waals surface area contributed by atoms with E-state index in [0.717, 1.165) is 24.2 Å². The van der Waals surface area contributed by atoms with Gasteiger partial charge in [-0.2, -0.15) is 0 Å². The molecule has 0 spiro atoms. The third-order valence-electron chi connectivity index (χ3n) is 3.03. The van der Waals surface area contributed by atoms with Crippen LogP contribution in [0.15, 0.2) is 36.7 Å². The van der Waals surface area contributed by atoms with Crippen LogP contribution in [0, 0.1) is 6.92 Å². The normalized spacial score (nSPS) is 10.3. The molecule has 6 heteroatoms. The molecule has 0 unspecified atom stereocenters. The predicted molar refractivity (Wildman–Crippen MR) is 86.1 cm³/mol. The van der Waals surface area contributed by atoms with Crippen LogP contribution in [0.3, 0.4) is 0 Å². The summed E-state index contributed by atoms with van der Waals surface area (Å²) in [4.78, 5) is 20.3. The number of nitrogens with one attached hydrogen (secondary N) is 2. The number of hydrogen-bond donors (Lipinski definition) is 2. The molecule has 0 radical (unpaired) electrons. The smallest absolute Gasteiger partial charge is 0.258 e. The Morgan fingerprint density at radius 3 is 2.50 bits per heavy atom. The van der Waals surface area contributed by atoms with E-state index in [0.29, 0.717) is 18.1 Å². The second-order valence-electron chi connectivity index (χ2n) is 4.89. The lowest BCUT2D eigenvalue weighted by molar-refractivity contribution is 0.102. The van der Waals surface area contributed by atoms with Crippen molar-refractivity contribution in [2.45, 2.75) is 13.3 Å². The highest BCUT2D eigenvalue weighted by atomic mass is 16.5. The van der Waals surface area contributed by atoms with Gasteiger partial charge >= 0.3 is 0 Å². The van der Waals surface area contributed by atoms with Crippen molar-refractivity contribution in [2.24, 2.45) is 0 Å². The SMILES string of the molecule is COCCCNc1ncc(C(=O)Nc2ccc(C)cc2)cn1. The van der Waals surface area contributed by atoms with Crippen molar-refractivity contribution in [1.82, 2.24) is 9.97 Å². The summed E-state index contributed by atoms with van der Waals surface area (Å²) >= 11 is 0. The number of rotatable bonds is 7. The van der Waals surface area contributed by atoms with Gasteiger partial charge in [-0.25, -0.2) is 9.97 Å². The van der Waals surface area contributed by atoms with Gasteiger partial charge in [-0.05, 0) is 25.5 Å². The summed E-state index contributed by atoms with van der Waals surface area (Å²) in [5.41, 5.74) is 2.31. The second kappa shape index (κ2) is 8.09. The largest absolute Gasteiger partial charge is 0.385 e. The lowest BCUT2D eigenvalue weighted by atomic mass is 10.2. The number of ether oxygens (including phenoxy) is 1. The van der Waals surface area contributed by atoms with E-state index < -0.39 is 0 Å². The molecule has 0 aliphatic heterocycles. The molecule has 0 fully saturated rings. The molecule has 0 atom stereocenters. The molecule has 1 amide bonds. The van der Waals surface area contributed by atoms with Crippen molar-refractivity contribution in [2.75, 3.05) is 30.9 Å². The first-order chi connectivity index (χ1) is 10.7. The summed E-state index contributed by atoms with van der Waals surface area (Å²) in [5.74, 6) is 0.276. The number of methoxy groups -OCH3 is 1. The fourth-order valence-electron chi connectivity index (χ4n) is 1.79. The van der Waals surface area contributed by atoms with Crippen molar-refractivity contribution in [3.63, 3.8) is 0 Å².